The first-order valence-electron chi connectivity index (χ1n) is 4.82. The minimum atomic E-state index is 0.776. The van der Waals surface area contributed by atoms with Crippen LogP contribution in [0.5, 0.6) is 0 Å². The Hall–Kier alpha value is -1.00. The van der Waals surface area contributed by atoms with Crippen molar-refractivity contribution in [2.24, 2.45) is 0 Å². The summed E-state index contributed by atoms with van der Waals surface area (Å²) in [6.45, 7) is 0. The Balaban J connectivity index is 2.05. The average molecular weight is 295 g/mol. The van der Waals surface area contributed by atoms with Crippen molar-refractivity contribution in [2.75, 3.05) is 5.73 Å². The third-order valence-electron chi connectivity index (χ3n) is 2.07. The maximum atomic E-state index is 5.69. The molecule has 4 heteroatoms. The highest BCUT2D eigenvalue weighted by molar-refractivity contribution is 9.10. The predicted molar refractivity (Wildman–Crippen MR) is 72.4 cm³/mol. The lowest BCUT2D eigenvalue weighted by atomic mass is 10.3. The second-order valence-electron chi connectivity index (χ2n) is 3.34. The molecule has 1 aromatic carbocycles. The normalized spacial score (nSPS) is 10.3. The highest BCUT2D eigenvalue weighted by atomic mass is 79.9. The predicted octanol–water partition coefficient (Wildman–Crippen LogP) is 3.72. The summed E-state index contributed by atoms with van der Waals surface area (Å²) in [6, 6.07) is 9.89. The molecule has 2 rings (SSSR count). The molecule has 0 atom stereocenters. The molecule has 0 spiro atoms. The number of rotatable bonds is 3. The van der Waals surface area contributed by atoms with Crippen LogP contribution in [0, 0.1) is 0 Å². The summed E-state index contributed by atoms with van der Waals surface area (Å²) in [5.74, 6) is 0.913. The molecule has 2 nitrogen and oxygen atoms in total. The van der Waals surface area contributed by atoms with E-state index < -0.39 is 0 Å². The molecule has 82 valence electrons. The first kappa shape index (κ1) is 11.5. The number of hydrogen-bond acceptors (Lipinski definition) is 3. The standard InChI is InChI=1S/C12H11BrN2S/c13-11-6-10(14)3-4-12(11)16-8-9-2-1-5-15-7-9/h1-7H,8,14H2. The van der Waals surface area contributed by atoms with E-state index in [4.69, 9.17) is 5.73 Å². The number of benzene rings is 1. The fourth-order valence-electron chi connectivity index (χ4n) is 1.28. The van der Waals surface area contributed by atoms with Crippen molar-refractivity contribution >= 4 is 33.4 Å². The molecule has 1 heterocycles. The quantitative estimate of drug-likeness (QED) is 0.693. The first-order chi connectivity index (χ1) is 7.75. The number of pyridine rings is 1. The van der Waals surface area contributed by atoms with Crippen LogP contribution < -0.4 is 5.73 Å². The van der Waals surface area contributed by atoms with Gasteiger partial charge in [-0.15, -0.1) is 11.8 Å². The zero-order valence-electron chi connectivity index (χ0n) is 8.56. The highest BCUT2D eigenvalue weighted by Gasteiger charge is 2.01. The van der Waals surface area contributed by atoms with E-state index in [0.29, 0.717) is 0 Å². The molecule has 0 aliphatic heterocycles. The molecule has 0 radical (unpaired) electrons. The Labute approximate surface area is 107 Å². The lowest BCUT2D eigenvalue weighted by Gasteiger charge is -2.05. The van der Waals surface area contributed by atoms with Crippen molar-refractivity contribution in [3.05, 3.63) is 52.8 Å². The Morgan fingerprint density at radius 1 is 1.31 bits per heavy atom. The fraction of sp³-hybridized carbons (Fsp3) is 0.0833. The smallest absolute Gasteiger partial charge is 0.0331 e. The number of nitrogens with two attached hydrogens (primary N) is 1. The molecule has 0 bridgehead atoms. The van der Waals surface area contributed by atoms with Gasteiger partial charge in [-0.3, -0.25) is 4.98 Å². The summed E-state index contributed by atoms with van der Waals surface area (Å²) < 4.78 is 1.04. The monoisotopic (exact) mass is 294 g/mol. The average Bonchev–Trinajstić information content (AvgIpc) is 2.29. The summed E-state index contributed by atoms with van der Waals surface area (Å²) >= 11 is 5.27. The van der Waals surface area contributed by atoms with Gasteiger partial charge in [0.1, 0.15) is 0 Å². The Bertz CT molecular complexity index is 474. The van der Waals surface area contributed by atoms with Crippen LogP contribution in [0.4, 0.5) is 5.69 Å². The topological polar surface area (TPSA) is 38.9 Å². The molecule has 0 saturated carbocycles. The third-order valence-corrected chi connectivity index (χ3v) is 4.14. The summed E-state index contributed by atoms with van der Waals surface area (Å²) in [7, 11) is 0. The maximum absolute atomic E-state index is 5.69. The molecule has 2 aromatic rings. The molecule has 0 aliphatic carbocycles. The number of nitrogen functional groups attached to an aromatic ring is 1. The molecule has 0 saturated heterocycles. The van der Waals surface area contributed by atoms with Gasteiger partial charge in [0.25, 0.3) is 0 Å². The van der Waals surface area contributed by atoms with Gasteiger partial charge in [0.2, 0.25) is 0 Å². The van der Waals surface area contributed by atoms with Crippen LogP contribution in [0.1, 0.15) is 5.56 Å². The largest absolute Gasteiger partial charge is 0.399 e. The molecule has 16 heavy (non-hydrogen) atoms. The molecule has 2 N–H and O–H groups in total. The number of nitrogens with zero attached hydrogens (tertiary/aromatic N) is 1. The van der Waals surface area contributed by atoms with Crippen LogP contribution in [-0.4, -0.2) is 4.98 Å². The van der Waals surface area contributed by atoms with E-state index in [0.717, 1.165) is 15.9 Å². The van der Waals surface area contributed by atoms with Crippen LogP contribution in [0.15, 0.2) is 52.1 Å². The van der Waals surface area contributed by atoms with Crippen molar-refractivity contribution in [3.8, 4) is 0 Å². The van der Waals surface area contributed by atoms with Gasteiger partial charge < -0.3 is 5.73 Å². The summed E-state index contributed by atoms with van der Waals surface area (Å²) in [4.78, 5) is 5.28. The zero-order valence-corrected chi connectivity index (χ0v) is 11.0. The van der Waals surface area contributed by atoms with E-state index >= 15 is 0 Å². The number of halogens is 1. The lowest BCUT2D eigenvalue weighted by molar-refractivity contribution is 1.25. The third kappa shape index (κ3) is 3.00. The molecular weight excluding hydrogens is 284 g/mol. The SMILES string of the molecule is Nc1ccc(SCc2cccnc2)c(Br)c1. The minimum Gasteiger partial charge on any atom is -0.399 e. The highest BCUT2D eigenvalue weighted by Crippen LogP contribution is 2.31. The van der Waals surface area contributed by atoms with Crippen molar-refractivity contribution < 1.29 is 0 Å². The van der Waals surface area contributed by atoms with Gasteiger partial charge in [-0.05, 0) is 45.8 Å². The number of hydrogen-bond donors (Lipinski definition) is 1. The van der Waals surface area contributed by atoms with Crippen molar-refractivity contribution in [2.45, 2.75) is 10.6 Å². The lowest BCUT2D eigenvalue weighted by Crippen LogP contribution is -1.86. The van der Waals surface area contributed by atoms with E-state index in [-0.39, 0.29) is 0 Å². The fourth-order valence-corrected chi connectivity index (χ4v) is 2.87. The summed E-state index contributed by atoms with van der Waals surface area (Å²) in [5, 5.41) is 0. The Morgan fingerprint density at radius 3 is 2.88 bits per heavy atom. The van der Waals surface area contributed by atoms with Gasteiger partial charge in [-0.1, -0.05) is 6.07 Å². The van der Waals surface area contributed by atoms with E-state index in [2.05, 4.69) is 27.0 Å². The van der Waals surface area contributed by atoms with Gasteiger partial charge >= 0.3 is 0 Å². The van der Waals surface area contributed by atoms with Gasteiger partial charge in [0.05, 0.1) is 0 Å². The molecule has 1 aromatic heterocycles. The van der Waals surface area contributed by atoms with Gasteiger partial charge in [0, 0.05) is 33.2 Å². The van der Waals surface area contributed by atoms with Crippen LogP contribution in [0.25, 0.3) is 0 Å². The zero-order chi connectivity index (χ0) is 11.4. The molecule has 0 fully saturated rings. The number of anilines is 1. The Kier molecular flexibility index (Phi) is 3.85. The van der Waals surface area contributed by atoms with Crippen molar-refractivity contribution in [3.63, 3.8) is 0 Å². The van der Waals surface area contributed by atoms with Crippen LogP contribution in [-0.2, 0) is 5.75 Å². The Morgan fingerprint density at radius 2 is 2.19 bits per heavy atom. The summed E-state index contributed by atoms with van der Waals surface area (Å²) in [6.07, 6.45) is 3.67. The maximum Gasteiger partial charge on any atom is 0.0331 e. The molecular formula is C12H11BrN2S. The second kappa shape index (κ2) is 5.37. The van der Waals surface area contributed by atoms with Crippen molar-refractivity contribution in [1.29, 1.82) is 0 Å². The van der Waals surface area contributed by atoms with Gasteiger partial charge in [-0.25, -0.2) is 0 Å². The van der Waals surface area contributed by atoms with Gasteiger partial charge in [-0.2, -0.15) is 0 Å². The molecule has 0 aliphatic rings. The van der Waals surface area contributed by atoms with Crippen molar-refractivity contribution in [1.82, 2.24) is 4.98 Å². The summed E-state index contributed by atoms with van der Waals surface area (Å²) in [5.41, 5.74) is 7.68. The van der Waals surface area contributed by atoms with Crippen LogP contribution in [0.2, 0.25) is 0 Å². The molecule has 0 unspecified atom stereocenters. The first-order valence-corrected chi connectivity index (χ1v) is 6.60. The van der Waals surface area contributed by atoms with Crippen LogP contribution in [0.3, 0.4) is 0 Å². The van der Waals surface area contributed by atoms with E-state index in [1.807, 2.05) is 30.5 Å². The molecule has 0 amide bonds. The van der Waals surface area contributed by atoms with Gasteiger partial charge in [0.15, 0.2) is 0 Å². The van der Waals surface area contributed by atoms with E-state index in [9.17, 15) is 0 Å². The van der Waals surface area contributed by atoms with Crippen LogP contribution >= 0.6 is 27.7 Å². The minimum absolute atomic E-state index is 0.776. The number of thioether (sulfide) groups is 1. The number of aromatic nitrogens is 1. The van der Waals surface area contributed by atoms with E-state index in [1.165, 1.54) is 10.5 Å². The van der Waals surface area contributed by atoms with E-state index in [1.54, 1.807) is 18.0 Å². The second-order valence-corrected chi connectivity index (χ2v) is 5.21.